The number of aliphatic hydroxyl groups excluding tert-OH is 1. The Morgan fingerprint density at radius 2 is 2.06 bits per heavy atom. The van der Waals surface area contributed by atoms with Gasteiger partial charge in [-0.05, 0) is 25.2 Å². The molecule has 1 aliphatic rings. The number of carbonyl (C=O) groups excluding carboxylic acids is 1. The van der Waals surface area contributed by atoms with Gasteiger partial charge in [0.25, 0.3) is 0 Å². The number of nitrogens with two attached hydrogens (primary N) is 1. The molecule has 100 valence electrons. The van der Waals surface area contributed by atoms with Crippen molar-refractivity contribution in [3.05, 3.63) is 0 Å². The molecule has 0 radical (unpaired) electrons. The number of hydrogen-bond donors (Lipinski definition) is 3. The number of amides is 1. The van der Waals surface area contributed by atoms with Gasteiger partial charge in [-0.2, -0.15) is 0 Å². The monoisotopic (exact) mass is 242 g/mol. The molecule has 1 rings (SSSR count). The topological polar surface area (TPSA) is 75.4 Å². The Morgan fingerprint density at radius 3 is 2.65 bits per heavy atom. The predicted molar refractivity (Wildman–Crippen MR) is 68.4 cm³/mol. The normalized spacial score (nSPS) is 26.9. The number of carbonyl (C=O) groups is 1. The Morgan fingerprint density at radius 1 is 1.41 bits per heavy atom. The summed E-state index contributed by atoms with van der Waals surface area (Å²) >= 11 is 0. The minimum atomic E-state index is -0.421. The lowest BCUT2D eigenvalue weighted by atomic mass is 9.86. The van der Waals surface area contributed by atoms with Gasteiger partial charge in [-0.1, -0.05) is 26.7 Å². The molecule has 17 heavy (non-hydrogen) atoms. The molecule has 3 atom stereocenters. The highest BCUT2D eigenvalue weighted by Crippen LogP contribution is 2.23. The summed E-state index contributed by atoms with van der Waals surface area (Å²) in [7, 11) is 0. The predicted octanol–water partition coefficient (Wildman–Crippen LogP) is 1.03. The summed E-state index contributed by atoms with van der Waals surface area (Å²) in [6, 6.07) is -0.421. The third-order valence-corrected chi connectivity index (χ3v) is 3.47. The highest BCUT2D eigenvalue weighted by atomic mass is 16.3. The Bertz CT molecular complexity index is 244. The van der Waals surface area contributed by atoms with Crippen LogP contribution in [0.5, 0.6) is 0 Å². The molecular weight excluding hydrogens is 216 g/mol. The van der Waals surface area contributed by atoms with E-state index in [0.29, 0.717) is 18.9 Å². The van der Waals surface area contributed by atoms with Crippen LogP contribution in [0.3, 0.4) is 0 Å². The summed E-state index contributed by atoms with van der Waals surface area (Å²) in [5.41, 5.74) is 5.79. The molecule has 0 aliphatic heterocycles. The fraction of sp³-hybridized carbons (Fsp3) is 0.923. The van der Waals surface area contributed by atoms with E-state index in [1.807, 2.05) is 0 Å². The molecule has 4 nitrogen and oxygen atoms in total. The molecule has 4 heteroatoms. The van der Waals surface area contributed by atoms with E-state index in [9.17, 15) is 9.90 Å². The van der Waals surface area contributed by atoms with Crippen molar-refractivity contribution in [3.63, 3.8) is 0 Å². The van der Waals surface area contributed by atoms with Crippen LogP contribution in [0.2, 0.25) is 0 Å². The van der Waals surface area contributed by atoms with Crippen LogP contribution in [0.4, 0.5) is 0 Å². The van der Waals surface area contributed by atoms with Crippen molar-refractivity contribution >= 4 is 5.91 Å². The van der Waals surface area contributed by atoms with Crippen LogP contribution in [0.25, 0.3) is 0 Å². The fourth-order valence-corrected chi connectivity index (χ4v) is 2.40. The first kappa shape index (κ1) is 14.5. The molecule has 0 saturated heterocycles. The second-order valence-corrected chi connectivity index (χ2v) is 5.59. The lowest BCUT2D eigenvalue weighted by Crippen LogP contribution is -2.45. The highest BCUT2D eigenvalue weighted by Gasteiger charge is 2.24. The molecule has 1 saturated carbocycles. The summed E-state index contributed by atoms with van der Waals surface area (Å²) in [6.07, 6.45) is 4.55. The molecule has 0 bridgehead atoms. The van der Waals surface area contributed by atoms with Gasteiger partial charge >= 0.3 is 0 Å². The zero-order chi connectivity index (χ0) is 12.8. The summed E-state index contributed by atoms with van der Waals surface area (Å²) < 4.78 is 0. The van der Waals surface area contributed by atoms with Crippen molar-refractivity contribution in [2.45, 2.75) is 58.1 Å². The third kappa shape index (κ3) is 5.04. The van der Waals surface area contributed by atoms with Crippen molar-refractivity contribution < 1.29 is 9.90 Å². The maximum Gasteiger partial charge on any atom is 0.236 e. The average molecular weight is 242 g/mol. The van der Waals surface area contributed by atoms with E-state index in [1.165, 1.54) is 0 Å². The third-order valence-electron chi connectivity index (χ3n) is 3.47. The maximum atomic E-state index is 11.7. The Hall–Kier alpha value is -0.610. The molecule has 0 aromatic rings. The second kappa shape index (κ2) is 6.97. The molecule has 1 aliphatic carbocycles. The standard InChI is InChI=1S/C13H26N2O2/c1-9(2)7-11(14)13(17)15-8-10-5-3-4-6-12(10)16/h9-12,16H,3-8,14H2,1-2H3,(H,15,17). The van der Waals surface area contributed by atoms with Crippen molar-refractivity contribution in [2.24, 2.45) is 17.6 Å². The number of hydrogen-bond acceptors (Lipinski definition) is 3. The molecule has 3 unspecified atom stereocenters. The summed E-state index contributed by atoms with van der Waals surface area (Å²) in [4.78, 5) is 11.7. The summed E-state index contributed by atoms with van der Waals surface area (Å²) in [5.74, 6) is 0.548. The van der Waals surface area contributed by atoms with Crippen LogP contribution in [0.15, 0.2) is 0 Å². The van der Waals surface area contributed by atoms with Crippen LogP contribution >= 0.6 is 0 Å². The van der Waals surface area contributed by atoms with E-state index in [-0.39, 0.29) is 17.9 Å². The van der Waals surface area contributed by atoms with Crippen molar-refractivity contribution in [2.75, 3.05) is 6.54 Å². The number of nitrogens with one attached hydrogen (secondary N) is 1. The van der Waals surface area contributed by atoms with Crippen LogP contribution < -0.4 is 11.1 Å². The van der Waals surface area contributed by atoms with Crippen molar-refractivity contribution in [1.82, 2.24) is 5.32 Å². The van der Waals surface area contributed by atoms with E-state index < -0.39 is 6.04 Å². The quantitative estimate of drug-likeness (QED) is 0.674. The molecule has 0 aromatic carbocycles. The van der Waals surface area contributed by atoms with Gasteiger partial charge in [0.15, 0.2) is 0 Å². The molecule has 0 aromatic heterocycles. The van der Waals surface area contributed by atoms with Crippen LogP contribution in [-0.4, -0.2) is 29.7 Å². The Kier molecular flexibility index (Phi) is 5.92. The molecule has 0 spiro atoms. The van der Waals surface area contributed by atoms with Gasteiger partial charge in [0, 0.05) is 12.5 Å². The Balaban J connectivity index is 2.26. The second-order valence-electron chi connectivity index (χ2n) is 5.59. The minimum absolute atomic E-state index is 0.0866. The Labute approximate surface area is 104 Å². The molecule has 0 heterocycles. The van der Waals surface area contributed by atoms with E-state index in [2.05, 4.69) is 19.2 Å². The van der Waals surface area contributed by atoms with Crippen LogP contribution in [-0.2, 0) is 4.79 Å². The fourth-order valence-electron chi connectivity index (χ4n) is 2.40. The van der Waals surface area contributed by atoms with Gasteiger partial charge in [0.1, 0.15) is 0 Å². The SMILES string of the molecule is CC(C)CC(N)C(=O)NCC1CCCCC1O. The van der Waals surface area contributed by atoms with Gasteiger partial charge in [0.2, 0.25) is 5.91 Å². The van der Waals surface area contributed by atoms with E-state index in [0.717, 1.165) is 25.7 Å². The van der Waals surface area contributed by atoms with E-state index >= 15 is 0 Å². The van der Waals surface area contributed by atoms with Crippen molar-refractivity contribution in [1.29, 1.82) is 0 Å². The highest BCUT2D eigenvalue weighted by molar-refractivity contribution is 5.81. The van der Waals surface area contributed by atoms with Gasteiger partial charge in [-0.15, -0.1) is 0 Å². The number of aliphatic hydroxyl groups is 1. The van der Waals surface area contributed by atoms with Gasteiger partial charge in [-0.3, -0.25) is 4.79 Å². The van der Waals surface area contributed by atoms with Gasteiger partial charge in [0.05, 0.1) is 12.1 Å². The molecular formula is C13H26N2O2. The van der Waals surface area contributed by atoms with Crippen LogP contribution in [0.1, 0.15) is 46.0 Å². The number of rotatable bonds is 5. The maximum absolute atomic E-state index is 11.7. The van der Waals surface area contributed by atoms with Crippen LogP contribution in [0, 0.1) is 11.8 Å². The molecule has 1 fully saturated rings. The summed E-state index contributed by atoms with van der Waals surface area (Å²) in [5, 5.41) is 12.6. The van der Waals surface area contributed by atoms with E-state index in [4.69, 9.17) is 5.73 Å². The zero-order valence-electron chi connectivity index (χ0n) is 11.0. The van der Waals surface area contributed by atoms with Gasteiger partial charge in [-0.25, -0.2) is 0 Å². The van der Waals surface area contributed by atoms with Crippen molar-refractivity contribution in [3.8, 4) is 0 Å². The molecule has 4 N–H and O–H groups in total. The largest absolute Gasteiger partial charge is 0.393 e. The van der Waals surface area contributed by atoms with Gasteiger partial charge < -0.3 is 16.2 Å². The first-order valence-corrected chi connectivity index (χ1v) is 6.72. The first-order chi connectivity index (χ1) is 8.00. The van der Waals surface area contributed by atoms with E-state index in [1.54, 1.807) is 0 Å². The smallest absolute Gasteiger partial charge is 0.236 e. The molecule has 1 amide bonds. The summed E-state index contributed by atoms with van der Waals surface area (Å²) in [6.45, 7) is 4.67. The average Bonchev–Trinajstić information content (AvgIpc) is 2.26. The minimum Gasteiger partial charge on any atom is -0.393 e. The first-order valence-electron chi connectivity index (χ1n) is 6.72. The zero-order valence-corrected chi connectivity index (χ0v) is 11.0. The lowest BCUT2D eigenvalue weighted by molar-refractivity contribution is -0.123. The lowest BCUT2D eigenvalue weighted by Gasteiger charge is -2.28.